The van der Waals surface area contributed by atoms with Gasteiger partial charge in [0.15, 0.2) is 0 Å². The minimum Gasteiger partial charge on any atom is -0.349 e. The zero-order chi connectivity index (χ0) is 12.3. The molecule has 17 heavy (non-hydrogen) atoms. The van der Waals surface area contributed by atoms with Gasteiger partial charge in [-0.3, -0.25) is 0 Å². The molecule has 2 aromatic rings. The van der Waals surface area contributed by atoms with E-state index >= 15 is 0 Å². The number of imidazole rings is 1. The van der Waals surface area contributed by atoms with Crippen molar-refractivity contribution in [3.63, 3.8) is 0 Å². The third-order valence-corrected chi connectivity index (χ3v) is 3.82. The second-order valence-electron chi connectivity index (χ2n) is 3.75. The number of rotatable bonds is 4. The normalized spacial score (nSPS) is 12.6. The van der Waals surface area contributed by atoms with Gasteiger partial charge in [-0.1, -0.05) is 37.9 Å². The molecule has 0 saturated carbocycles. The highest BCUT2D eigenvalue weighted by molar-refractivity contribution is 9.11. The smallest absolute Gasteiger partial charge is 0.107 e. The van der Waals surface area contributed by atoms with Crippen molar-refractivity contribution in [3.8, 4) is 0 Å². The second-order valence-corrected chi connectivity index (χ2v) is 5.52. The molecule has 0 aliphatic carbocycles. The largest absolute Gasteiger partial charge is 0.349 e. The van der Waals surface area contributed by atoms with E-state index in [0.717, 1.165) is 21.2 Å². The molecule has 0 fully saturated rings. The van der Waals surface area contributed by atoms with Gasteiger partial charge in [-0.05, 0) is 24.7 Å². The fourth-order valence-electron chi connectivity index (χ4n) is 1.75. The van der Waals surface area contributed by atoms with Crippen LogP contribution in [0.15, 0.2) is 39.5 Å². The van der Waals surface area contributed by atoms with Gasteiger partial charge in [-0.2, -0.15) is 0 Å². The fourth-order valence-corrected chi connectivity index (χ4v) is 3.08. The van der Waals surface area contributed by atoms with Crippen LogP contribution < -0.4 is 5.32 Å². The average Bonchev–Trinajstić information content (AvgIpc) is 2.79. The first-order chi connectivity index (χ1) is 8.20. The van der Waals surface area contributed by atoms with Crippen molar-refractivity contribution in [1.29, 1.82) is 0 Å². The molecule has 90 valence electrons. The highest BCUT2D eigenvalue weighted by atomic mass is 79.9. The number of hydrogen-bond acceptors (Lipinski definition) is 2. The standard InChI is InChI=1S/C12H13Br2N3/c1-15-11(7-12-16-4-5-17-12)9-3-2-8(13)6-10(9)14/h2-6,11,15H,7H2,1H3,(H,16,17). The Balaban J connectivity index is 2.23. The predicted molar refractivity (Wildman–Crippen MR) is 75.9 cm³/mol. The van der Waals surface area contributed by atoms with Crippen molar-refractivity contribution in [1.82, 2.24) is 15.3 Å². The van der Waals surface area contributed by atoms with Gasteiger partial charge in [0.25, 0.3) is 0 Å². The third kappa shape index (κ3) is 3.18. The zero-order valence-electron chi connectivity index (χ0n) is 9.37. The van der Waals surface area contributed by atoms with Gasteiger partial charge < -0.3 is 10.3 Å². The van der Waals surface area contributed by atoms with Gasteiger partial charge >= 0.3 is 0 Å². The number of nitrogens with zero attached hydrogens (tertiary/aromatic N) is 1. The molecule has 0 aliphatic rings. The summed E-state index contributed by atoms with van der Waals surface area (Å²) in [4.78, 5) is 7.38. The van der Waals surface area contributed by atoms with E-state index in [9.17, 15) is 0 Å². The summed E-state index contributed by atoms with van der Waals surface area (Å²) in [6.45, 7) is 0. The lowest BCUT2D eigenvalue weighted by Gasteiger charge is -2.17. The first-order valence-corrected chi connectivity index (χ1v) is 6.89. The molecule has 0 amide bonds. The molecule has 2 N–H and O–H groups in total. The molecule has 1 heterocycles. The van der Waals surface area contributed by atoms with E-state index in [1.165, 1.54) is 5.56 Å². The average molecular weight is 359 g/mol. The van der Waals surface area contributed by atoms with E-state index in [4.69, 9.17) is 0 Å². The van der Waals surface area contributed by atoms with Crippen LogP contribution in [-0.2, 0) is 6.42 Å². The van der Waals surface area contributed by atoms with E-state index < -0.39 is 0 Å². The summed E-state index contributed by atoms with van der Waals surface area (Å²) in [6, 6.07) is 6.45. The van der Waals surface area contributed by atoms with Gasteiger partial charge in [0.1, 0.15) is 5.82 Å². The van der Waals surface area contributed by atoms with Crippen molar-refractivity contribution < 1.29 is 0 Å². The molecule has 1 aromatic heterocycles. The molecular weight excluding hydrogens is 346 g/mol. The minimum atomic E-state index is 0.239. The van der Waals surface area contributed by atoms with Gasteiger partial charge in [-0.15, -0.1) is 0 Å². The van der Waals surface area contributed by atoms with E-state index in [2.05, 4.69) is 59.3 Å². The fraction of sp³-hybridized carbons (Fsp3) is 0.250. The van der Waals surface area contributed by atoms with Crippen molar-refractivity contribution >= 4 is 31.9 Å². The number of H-pyrrole nitrogens is 1. The van der Waals surface area contributed by atoms with Crippen LogP contribution in [0.2, 0.25) is 0 Å². The molecule has 0 aliphatic heterocycles. The maximum Gasteiger partial charge on any atom is 0.107 e. The number of benzene rings is 1. The Bertz CT molecular complexity index is 483. The number of aromatic nitrogens is 2. The number of hydrogen-bond donors (Lipinski definition) is 2. The highest BCUT2D eigenvalue weighted by Gasteiger charge is 2.14. The molecule has 3 nitrogen and oxygen atoms in total. The Labute approximate surface area is 117 Å². The molecule has 0 bridgehead atoms. The van der Waals surface area contributed by atoms with Crippen LogP contribution in [-0.4, -0.2) is 17.0 Å². The molecule has 1 unspecified atom stereocenters. The molecule has 2 rings (SSSR count). The Morgan fingerprint density at radius 3 is 2.82 bits per heavy atom. The van der Waals surface area contributed by atoms with E-state index in [0.29, 0.717) is 0 Å². The predicted octanol–water partition coefficient (Wildman–Crippen LogP) is 3.44. The van der Waals surface area contributed by atoms with Crippen molar-refractivity contribution in [2.45, 2.75) is 12.5 Å². The lowest BCUT2D eigenvalue weighted by molar-refractivity contribution is 0.576. The van der Waals surface area contributed by atoms with E-state index in [-0.39, 0.29) is 6.04 Å². The first-order valence-electron chi connectivity index (χ1n) is 5.31. The summed E-state index contributed by atoms with van der Waals surface area (Å²) in [6.07, 6.45) is 4.46. The van der Waals surface area contributed by atoms with Crippen LogP contribution in [0.3, 0.4) is 0 Å². The van der Waals surface area contributed by atoms with Gasteiger partial charge in [-0.25, -0.2) is 4.98 Å². The van der Waals surface area contributed by atoms with E-state index in [1.807, 2.05) is 19.3 Å². The lowest BCUT2D eigenvalue weighted by atomic mass is 10.0. The number of nitrogens with one attached hydrogen (secondary N) is 2. The quantitative estimate of drug-likeness (QED) is 0.878. The lowest BCUT2D eigenvalue weighted by Crippen LogP contribution is -2.19. The molecule has 0 spiro atoms. The van der Waals surface area contributed by atoms with Crippen LogP contribution in [0.4, 0.5) is 0 Å². The van der Waals surface area contributed by atoms with E-state index in [1.54, 1.807) is 6.20 Å². The van der Waals surface area contributed by atoms with Crippen molar-refractivity contribution in [2.75, 3.05) is 7.05 Å². The Kier molecular flexibility index (Phi) is 4.36. The maximum absolute atomic E-state index is 4.26. The Morgan fingerprint density at radius 2 is 2.24 bits per heavy atom. The van der Waals surface area contributed by atoms with Crippen molar-refractivity contribution in [3.05, 3.63) is 50.9 Å². The maximum atomic E-state index is 4.26. The third-order valence-electron chi connectivity index (χ3n) is 2.64. The summed E-state index contributed by atoms with van der Waals surface area (Å²) < 4.78 is 2.17. The summed E-state index contributed by atoms with van der Waals surface area (Å²) in [5.74, 6) is 0.985. The molecular formula is C12H13Br2N3. The molecule has 0 radical (unpaired) electrons. The second kappa shape index (κ2) is 5.80. The van der Waals surface area contributed by atoms with Gasteiger partial charge in [0, 0.05) is 33.8 Å². The first kappa shape index (κ1) is 12.8. The minimum absolute atomic E-state index is 0.239. The summed E-state index contributed by atoms with van der Waals surface area (Å²) in [5, 5.41) is 3.31. The summed E-state index contributed by atoms with van der Waals surface area (Å²) in [7, 11) is 1.96. The van der Waals surface area contributed by atoms with Crippen LogP contribution in [0.25, 0.3) is 0 Å². The van der Waals surface area contributed by atoms with Crippen LogP contribution in [0.1, 0.15) is 17.4 Å². The molecule has 5 heteroatoms. The van der Waals surface area contributed by atoms with Gasteiger partial charge in [0.05, 0.1) is 0 Å². The van der Waals surface area contributed by atoms with Crippen LogP contribution >= 0.6 is 31.9 Å². The molecule has 1 atom stereocenters. The van der Waals surface area contributed by atoms with Crippen LogP contribution in [0, 0.1) is 0 Å². The topological polar surface area (TPSA) is 40.7 Å². The number of halogens is 2. The molecule has 0 saturated heterocycles. The molecule has 1 aromatic carbocycles. The van der Waals surface area contributed by atoms with Crippen LogP contribution in [0.5, 0.6) is 0 Å². The number of aromatic amines is 1. The Hall–Kier alpha value is -0.650. The Morgan fingerprint density at radius 1 is 1.41 bits per heavy atom. The summed E-state index contributed by atoms with van der Waals surface area (Å²) >= 11 is 7.05. The monoisotopic (exact) mass is 357 g/mol. The van der Waals surface area contributed by atoms with Crippen molar-refractivity contribution in [2.24, 2.45) is 0 Å². The number of likely N-dealkylation sites (N-methyl/N-ethyl adjacent to an activating group) is 1. The zero-order valence-corrected chi connectivity index (χ0v) is 12.5. The summed E-state index contributed by atoms with van der Waals surface area (Å²) in [5.41, 5.74) is 1.23. The SMILES string of the molecule is CNC(Cc1ncc[nH]1)c1ccc(Br)cc1Br. The highest BCUT2D eigenvalue weighted by Crippen LogP contribution is 2.28. The van der Waals surface area contributed by atoms with Gasteiger partial charge in [0.2, 0.25) is 0 Å².